The number of anilines is 2. The minimum atomic E-state index is -0.527. The lowest BCUT2D eigenvalue weighted by Crippen LogP contribution is -2.00. The number of nitrogens with zero attached hydrogens (tertiary/aromatic N) is 2. The Hall–Kier alpha value is -5.05. The van der Waals surface area contributed by atoms with Crippen LogP contribution in [0.5, 0.6) is 0 Å². The molecule has 6 rings (SSSR count). The van der Waals surface area contributed by atoms with Gasteiger partial charge in [-0.2, -0.15) is 0 Å². The van der Waals surface area contributed by atoms with Crippen LogP contribution in [0.2, 0.25) is 0 Å². The first-order chi connectivity index (χ1) is 17.4. The summed E-state index contributed by atoms with van der Waals surface area (Å²) >= 11 is 0. The van der Waals surface area contributed by atoms with E-state index in [2.05, 4.69) is 9.97 Å². The molecule has 36 heavy (non-hydrogen) atoms. The number of hydrogen-bond donors (Lipinski definition) is 2. The van der Waals surface area contributed by atoms with E-state index in [1.165, 1.54) is 36.4 Å². The Balaban J connectivity index is 1.32. The molecule has 0 aliphatic carbocycles. The molecule has 176 valence electrons. The third kappa shape index (κ3) is 3.63. The van der Waals surface area contributed by atoms with Gasteiger partial charge in [0.2, 0.25) is 11.8 Å². The van der Waals surface area contributed by atoms with Gasteiger partial charge in [-0.1, -0.05) is 0 Å². The molecular weight excluding hydrogens is 466 g/mol. The Morgan fingerprint density at radius 2 is 1.08 bits per heavy atom. The van der Waals surface area contributed by atoms with Gasteiger partial charge < -0.3 is 20.3 Å². The third-order valence-electron chi connectivity index (χ3n) is 5.79. The largest absolute Gasteiger partial charge is 0.436 e. The zero-order chi connectivity index (χ0) is 25.0. The van der Waals surface area contributed by atoms with Crippen LogP contribution in [0.15, 0.2) is 81.6 Å². The highest BCUT2D eigenvalue weighted by Crippen LogP contribution is 2.30. The van der Waals surface area contributed by atoms with Crippen LogP contribution in [0.25, 0.3) is 45.1 Å². The molecule has 0 aliphatic heterocycles. The Kier molecular flexibility index (Phi) is 4.78. The topological polar surface area (TPSA) is 121 Å². The number of oxazole rings is 2. The van der Waals surface area contributed by atoms with Crippen molar-refractivity contribution in [2.45, 2.75) is 0 Å². The predicted molar refractivity (Wildman–Crippen MR) is 131 cm³/mol. The van der Waals surface area contributed by atoms with Gasteiger partial charge in [0, 0.05) is 22.3 Å². The molecule has 4 N–H and O–H groups in total. The molecule has 0 saturated heterocycles. The normalized spacial score (nSPS) is 11.4. The van der Waals surface area contributed by atoms with Gasteiger partial charge in [-0.25, -0.2) is 18.7 Å². The molecule has 6 aromatic rings. The molecule has 0 radical (unpaired) electrons. The average molecular weight is 482 g/mol. The van der Waals surface area contributed by atoms with E-state index in [4.69, 9.17) is 20.3 Å². The van der Waals surface area contributed by atoms with E-state index in [1.54, 1.807) is 36.4 Å². The van der Waals surface area contributed by atoms with Crippen molar-refractivity contribution in [2.75, 3.05) is 11.5 Å². The van der Waals surface area contributed by atoms with Crippen LogP contribution >= 0.6 is 0 Å². The van der Waals surface area contributed by atoms with Gasteiger partial charge in [0.25, 0.3) is 0 Å². The maximum atomic E-state index is 13.5. The van der Waals surface area contributed by atoms with Gasteiger partial charge in [0.05, 0.1) is 11.4 Å². The minimum Gasteiger partial charge on any atom is -0.436 e. The van der Waals surface area contributed by atoms with Gasteiger partial charge in [0.15, 0.2) is 16.9 Å². The smallest absolute Gasteiger partial charge is 0.227 e. The maximum absolute atomic E-state index is 13.5. The first-order valence-electron chi connectivity index (χ1n) is 10.8. The number of fused-ring (bicyclic) bond motifs is 2. The van der Waals surface area contributed by atoms with E-state index in [0.29, 0.717) is 44.5 Å². The van der Waals surface area contributed by atoms with E-state index >= 15 is 0 Å². The summed E-state index contributed by atoms with van der Waals surface area (Å²) in [5.74, 6) is -0.773. The zero-order valence-electron chi connectivity index (χ0n) is 18.5. The SMILES string of the molecule is Nc1cc(-c2nc3cc(C(=O)c4ccc5oc(-c6ccc(F)c(N)c6)nc5c4)ccc3o2)ccc1F. The molecule has 0 saturated carbocycles. The number of halogens is 2. The number of nitrogens with two attached hydrogens (primary N) is 2. The number of carbonyl (C=O) groups excluding carboxylic acids is 1. The summed E-state index contributed by atoms with van der Waals surface area (Å²) in [6.45, 7) is 0. The van der Waals surface area contributed by atoms with Crippen LogP contribution in [0.4, 0.5) is 20.2 Å². The summed E-state index contributed by atoms with van der Waals surface area (Å²) in [5, 5.41) is 0. The van der Waals surface area contributed by atoms with Crippen molar-refractivity contribution in [3.63, 3.8) is 0 Å². The van der Waals surface area contributed by atoms with Gasteiger partial charge in [-0.05, 0) is 72.8 Å². The summed E-state index contributed by atoms with van der Waals surface area (Å²) in [6.07, 6.45) is 0. The first kappa shape index (κ1) is 21.5. The Morgan fingerprint density at radius 1 is 0.639 bits per heavy atom. The van der Waals surface area contributed by atoms with E-state index in [-0.39, 0.29) is 28.9 Å². The molecule has 2 heterocycles. The summed E-state index contributed by atoms with van der Waals surface area (Å²) in [4.78, 5) is 22.1. The number of nitrogen functional groups attached to an aromatic ring is 2. The highest BCUT2D eigenvalue weighted by Gasteiger charge is 2.17. The molecule has 0 fully saturated rings. The van der Waals surface area contributed by atoms with Crippen LogP contribution in [-0.2, 0) is 0 Å². The first-order valence-corrected chi connectivity index (χ1v) is 10.8. The second kappa shape index (κ2) is 8.02. The highest BCUT2D eigenvalue weighted by molar-refractivity contribution is 6.11. The molecule has 0 unspecified atom stereocenters. The van der Waals surface area contributed by atoms with Crippen LogP contribution < -0.4 is 11.5 Å². The summed E-state index contributed by atoms with van der Waals surface area (Å²) in [7, 11) is 0. The molecule has 0 atom stereocenters. The molecule has 0 aliphatic rings. The molecule has 4 aromatic carbocycles. The van der Waals surface area contributed by atoms with E-state index in [1.807, 2.05) is 0 Å². The quantitative estimate of drug-likeness (QED) is 0.234. The third-order valence-corrected chi connectivity index (χ3v) is 5.79. The van der Waals surface area contributed by atoms with E-state index in [9.17, 15) is 13.6 Å². The monoisotopic (exact) mass is 482 g/mol. The fourth-order valence-electron chi connectivity index (χ4n) is 3.90. The summed E-state index contributed by atoms with van der Waals surface area (Å²) in [6, 6.07) is 18.2. The molecule has 2 aromatic heterocycles. The van der Waals surface area contributed by atoms with Gasteiger partial charge >= 0.3 is 0 Å². The molecule has 7 nitrogen and oxygen atoms in total. The number of hydrogen-bond acceptors (Lipinski definition) is 7. The lowest BCUT2D eigenvalue weighted by atomic mass is 10.0. The van der Waals surface area contributed by atoms with Crippen LogP contribution in [0, 0.1) is 11.6 Å². The van der Waals surface area contributed by atoms with E-state index < -0.39 is 11.6 Å². The fraction of sp³-hybridized carbons (Fsp3) is 0. The number of benzene rings is 4. The standard InChI is InChI=1S/C27H16F2N4O3/c28-17-5-1-15(9-19(17)30)26-32-21-11-13(3-7-23(21)35-26)25(34)14-4-8-24-22(12-14)33-27(36-24)16-2-6-18(29)20(31)10-16/h1-12H,30-31H2. The molecule has 9 heteroatoms. The van der Waals surface area contributed by atoms with Crippen molar-refractivity contribution in [2.24, 2.45) is 0 Å². The second-order valence-electron chi connectivity index (χ2n) is 8.20. The number of rotatable bonds is 4. The van der Waals surface area contributed by atoms with Crippen molar-refractivity contribution in [3.8, 4) is 22.9 Å². The van der Waals surface area contributed by atoms with E-state index in [0.717, 1.165) is 0 Å². The number of ketones is 1. The minimum absolute atomic E-state index is 0.0140. The fourth-order valence-corrected chi connectivity index (χ4v) is 3.90. The maximum Gasteiger partial charge on any atom is 0.227 e. The van der Waals surface area contributed by atoms with Gasteiger partial charge in [-0.3, -0.25) is 4.79 Å². The van der Waals surface area contributed by atoms with Crippen molar-refractivity contribution >= 4 is 39.4 Å². The Bertz CT molecular complexity index is 1690. The lowest BCUT2D eigenvalue weighted by Gasteiger charge is -2.00. The number of carbonyl (C=O) groups is 1. The van der Waals surface area contributed by atoms with Crippen molar-refractivity contribution in [1.82, 2.24) is 9.97 Å². The zero-order valence-corrected chi connectivity index (χ0v) is 18.5. The highest BCUT2D eigenvalue weighted by atomic mass is 19.1. The molecule has 0 bridgehead atoms. The Morgan fingerprint density at radius 3 is 1.50 bits per heavy atom. The van der Waals surface area contributed by atoms with Crippen molar-refractivity contribution in [1.29, 1.82) is 0 Å². The average Bonchev–Trinajstić information content (AvgIpc) is 3.50. The van der Waals surface area contributed by atoms with Gasteiger partial charge in [0.1, 0.15) is 22.7 Å². The molecule has 0 amide bonds. The lowest BCUT2D eigenvalue weighted by molar-refractivity contribution is 0.103. The molecular formula is C27H16F2N4O3. The summed E-state index contributed by atoms with van der Waals surface area (Å²) in [5.41, 5.74) is 15.0. The van der Waals surface area contributed by atoms with Crippen molar-refractivity contribution < 1.29 is 22.4 Å². The Labute approximate surface area is 202 Å². The number of aromatic nitrogens is 2. The van der Waals surface area contributed by atoms with Gasteiger partial charge in [-0.15, -0.1) is 0 Å². The van der Waals surface area contributed by atoms with Crippen LogP contribution in [0.1, 0.15) is 15.9 Å². The predicted octanol–water partition coefficient (Wildman–Crippen LogP) is 5.98. The second-order valence-corrected chi connectivity index (χ2v) is 8.20. The van der Waals surface area contributed by atoms with Crippen LogP contribution in [0.3, 0.4) is 0 Å². The summed E-state index contributed by atoms with van der Waals surface area (Å²) < 4.78 is 38.5. The van der Waals surface area contributed by atoms with Crippen LogP contribution in [-0.4, -0.2) is 15.8 Å². The van der Waals surface area contributed by atoms with Crippen molar-refractivity contribution in [3.05, 3.63) is 95.6 Å². The molecule has 0 spiro atoms.